The van der Waals surface area contributed by atoms with Crippen molar-refractivity contribution in [2.75, 3.05) is 45.9 Å². The maximum atomic E-state index is 12.0. The Morgan fingerprint density at radius 3 is 1.64 bits per heavy atom. The number of likely N-dealkylation sites (N-methyl/N-ethyl adjacent to an activating group) is 1. The fourth-order valence-corrected chi connectivity index (χ4v) is 4.74. The Balaban J connectivity index is -0.000000378. The van der Waals surface area contributed by atoms with Gasteiger partial charge in [0.05, 0.1) is 31.7 Å². The number of nitrogens with one attached hydrogen (secondary N) is 3. The topological polar surface area (TPSA) is 310 Å². The fourth-order valence-electron chi connectivity index (χ4n) is 3.95. The molecule has 0 atom stereocenters. The van der Waals surface area contributed by atoms with Gasteiger partial charge in [0.1, 0.15) is 36.2 Å². The van der Waals surface area contributed by atoms with Crippen molar-refractivity contribution >= 4 is 152 Å². The molecule has 4 amide bonds. The Morgan fingerprint density at radius 1 is 0.843 bits per heavy atom. The molecule has 2 aromatic heterocycles. The molecule has 0 saturated carbocycles. The van der Waals surface area contributed by atoms with Crippen molar-refractivity contribution in [2.45, 2.75) is 61.3 Å². The second-order valence-corrected chi connectivity index (χ2v) is 14.0. The van der Waals surface area contributed by atoms with Crippen LogP contribution in [-0.2, 0) is 43.0 Å². The lowest BCUT2D eigenvalue weighted by molar-refractivity contribution is -0.154. The number of carbonyl (C=O) groups excluding carboxylic acids is 7. The van der Waals surface area contributed by atoms with Crippen LogP contribution < -0.4 is 33.2 Å². The lowest BCUT2D eigenvalue weighted by atomic mass is 10.1. The lowest BCUT2D eigenvalue weighted by Gasteiger charge is -2.27. The summed E-state index contributed by atoms with van der Waals surface area (Å²) in [5.41, 5.74) is 14.3. The summed E-state index contributed by atoms with van der Waals surface area (Å²) < 4.78 is 21.3. The number of aldehydes is 1. The first-order valence-corrected chi connectivity index (χ1v) is 23.4. The minimum Gasteiger partial charge on any atom is -0.466 e. The summed E-state index contributed by atoms with van der Waals surface area (Å²) in [5, 5.41) is 8.33. The average molecular weight is 1160 g/mol. The zero-order valence-electron chi connectivity index (χ0n) is 39.9. The van der Waals surface area contributed by atoms with E-state index in [1.165, 1.54) is 22.0 Å². The highest BCUT2D eigenvalue weighted by Crippen LogP contribution is 2.11. The van der Waals surface area contributed by atoms with Gasteiger partial charge in [0.25, 0.3) is 11.8 Å². The zero-order chi connectivity index (χ0) is 54.3. The van der Waals surface area contributed by atoms with Crippen molar-refractivity contribution in [3.05, 3.63) is 72.1 Å². The molecular weight excluding hydrogens is 1100 g/mol. The second-order valence-electron chi connectivity index (χ2n) is 11.7. The monoisotopic (exact) mass is 1160 g/mol. The number of hydrogen-bond acceptors (Lipinski definition) is 17. The molecule has 70 heavy (non-hydrogen) atoms. The van der Waals surface area contributed by atoms with Gasteiger partial charge < -0.3 is 46.1 Å². The van der Waals surface area contributed by atoms with Crippen molar-refractivity contribution in [1.82, 2.24) is 25.8 Å². The Morgan fingerprint density at radius 2 is 1.30 bits per heavy atom. The molecule has 384 valence electrons. The second kappa shape index (κ2) is 47.6. The Hall–Kier alpha value is -6.50. The number of furan rings is 2. The van der Waals surface area contributed by atoms with Crippen LogP contribution in [0.15, 0.2) is 79.4 Å². The van der Waals surface area contributed by atoms with Gasteiger partial charge in [0.2, 0.25) is 11.8 Å². The summed E-state index contributed by atoms with van der Waals surface area (Å²) >= 11 is 20.0. The summed E-state index contributed by atoms with van der Waals surface area (Å²) in [6, 6.07) is 9.60. The predicted octanol–water partition coefficient (Wildman–Crippen LogP) is 4.36. The number of nitrogens with two attached hydrogens (primary N) is 3. The van der Waals surface area contributed by atoms with Crippen LogP contribution in [0.2, 0.25) is 0 Å². The van der Waals surface area contributed by atoms with E-state index in [4.69, 9.17) is 39.0 Å². The van der Waals surface area contributed by atoms with Crippen LogP contribution >= 0.6 is 71.5 Å². The number of thiocarbonyl (C=S) groups is 4. The number of hydrogen-bond donors (Lipinski definition) is 6. The van der Waals surface area contributed by atoms with Crippen LogP contribution in [0.5, 0.6) is 0 Å². The number of nitrogens with zero attached hydrogens (tertiary/aromatic N) is 4. The maximum Gasteiger partial charge on any atom is 0.317 e. The average Bonchev–Trinajstić information content (AvgIpc) is 4.01. The molecule has 21 nitrogen and oxygen atoms in total. The molecule has 0 bridgehead atoms. The third kappa shape index (κ3) is 40.6. The molecule has 2 aliphatic heterocycles. The molecule has 2 aliphatic rings. The normalized spacial score (nSPS) is 12.5. The van der Waals surface area contributed by atoms with Gasteiger partial charge in [0.15, 0.2) is 20.4 Å². The Bertz CT molecular complexity index is 2090. The number of aliphatic imine (C=N–C) groups is 2. The van der Waals surface area contributed by atoms with Crippen molar-refractivity contribution in [1.29, 1.82) is 0 Å². The van der Waals surface area contributed by atoms with Crippen LogP contribution in [0.1, 0.15) is 72.8 Å². The zero-order valence-corrected chi connectivity index (χ0v) is 45.3. The van der Waals surface area contributed by atoms with E-state index in [-0.39, 0.29) is 64.7 Å². The van der Waals surface area contributed by atoms with Gasteiger partial charge >= 0.3 is 11.9 Å². The van der Waals surface area contributed by atoms with Crippen molar-refractivity contribution < 1.29 is 51.9 Å². The van der Waals surface area contributed by atoms with Gasteiger partial charge in [-0.25, -0.2) is 9.98 Å². The number of allylic oxidation sites excluding steroid dienone is 3. The molecule has 2 saturated heterocycles. The summed E-state index contributed by atoms with van der Waals surface area (Å²) in [6.07, 6.45) is 15.7. The highest BCUT2D eigenvalue weighted by Gasteiger charge is 2.31. The highest BCUT2D eigenvalue weighted by atomic mass is 127. The number of halogens is 1. The molecule has 9 N–H and O–H groups in total. The number of rotatable bonds is 13. The van der Waals surface area contributed by atoms with Gasteiger partial charge in [-0.1, -0.05) is 6.08 Å². The molecule has 4 rings (SSSR count). The molecule has 4 heterocycles. The van der Waals surface area contributed by atoms with Crippen LogP contribution in [0.25, 0.3) is 12.2 Å². The lowest BCUT2D eigenvalue weighted by Crippen LogP contribution is -2.53. The van der Waals surface area contributed by atoms with Crippen molar-refractivity contribution in [3.63, 3.8) is 0 Å². The van der Waals surface area contributed by atoms with Gasteiger partial charge in [-0.15, -0.1) is 6.42 Å². The molecule has 26 heteroatoms. The number of amides is 4. The third-order valence-corrected chi connectivity index (χ3v) is 7.37. The largest absolute Gasteiger partial charge is 0.466 e. The van der Waals surface area contributed by atoms with Gasteiger partial charge in [-0.3, -0.25) is 48.7 Å². The van der Waals surface area contributed by atoms with E-state index in [1.54, 1.807) is 75.8 Å². The molecule has 0 radical (unpaired) electrons. The van der Waals surface area contributed by atoms with Crippen LogP contribution in [0, 0.1) is 10.4 Å². The molecular formula is C44H61IN10O11S4. The molecule has 0 unspecified atom stereocenters. The van der Waals surface area contributed by atoms with Crippen LogP contribution in [0.4, 0.5) is 0 Å². The standard InChI is InChI=1S/C13H12N2O3S.C7H12O4.C7H6O2.C6H8N2O2S.C5H10N2.C3H8N2S.C2HI.CH4N2S/c1-2-15-12(17)10(11(16)14-13(15)19)7-3-5-9-6-4-8-18-9;1-3-10-6(8)5-7(9)11-4-2;8-5-1-3-7-4-2-6-9-7;1-2-8-5(10)3-4(9)7-6(8)11;1-3-6-5-7-4-2;1-2-5-3(4)6;1-2-3;2-1(3)4/h3-8H,2H2,1H3,(H,14,16,19);3-5H2,1-2H3;1-6H;2-3H2,1H3,(H,7,9,11);3-4H2,1-2H3;2H2,1H3,(H3,4,5,6);1H;(H4,2,3,4)/b5-3+,10-7-;;3-1+;;;;;. The van der Waals surface area contributed by atoms with Gasteiger partial charge in [0, 0.05) is 55.3 Å². The number of carbonyl (C=O) groups is 7. The van der Waals surface area contributed by atoms with Crippen LogP contribution in [0.3, 0.4) is 0 Å². The summed E-state index contributed by atoms with van der Waals surface area (Å²) in [4.78, 5) is 86.6. The first-order chi connectivity index (χ1) is 33.2. The molecule has 0 aliphatic carbocycles. The van der Waals surface area contributed by atoms with Crippen LogP contribution in [-0.4, -0.2) is 124 Å². The van der Waals surface area contributed by atoms with E-state index in [0.717, 1.165) is 19.6 Å². The van der Waals surface area contributed by atoms with Gasteiger partial charge in [-0.2, -0.15) is 0 Å². The quantitative estimate of drug-likeness (QED) is 0.0187. The fraction of sp³-hybridized carbons (Fsp3) is 0.364. The minimum absolute atomic E-state index is 0.000000000000000222. The highest BCUT2D eigenvalue weighted by molar-refractivity contribution is 14.1. The summed E-state index contributed by atoms with van der Waals surface area (Å²) in [7, 11) is 0. The number of terminal acetylenes is 1. The Kier molecular flexibility index (Phi) is 47.6. The van der Waals surface area contributed by atoms with E-state index in [2.05, 4.69) is 87.7 Å². The molecule has 2 fully saturated rings. The minimum atomic E-state index is -0.536. The predicted molar refractivity (Wildman–Crippen MR) is 294 cm³/mol. The van der Waals surface area contributed by atoms with Crippen molar-refractivity contribution in [2.24, 2.45) is 27.2 Å². The summed E-state index contributed by atoms with van der Waals surface area (Å²) in [6.45, 7) is 16.7. The Labute approximate surface area is 443 Å². The number of ether oxygens (including phenoxy) is 2. The molecule has 0 aromatic carbocycles. The van der Waals surface area contributed by atoms with E-state index < -0.39 is 17.8 Å². The van der Waals surface area contributed by atoms with E-state index in [0.29, 0.717) is 36.0 Å². The van der Waals surface area contributed by atoms with Crippen molar-refractivity contribution in [3.8, 4) is 10.4 Å². The molecule has 0 spiro atoms. The summed E-state index contributed by atoms with van der Waals surface area (Å²) in [5.74, 6) is -1.14. The maximum absolute atomic E-state index is 12.0. The van der Waals surface area contributed by atoms with E-state index in [1.807, 2.05) is 50.3 Å². The first kappa shape index (κ1) is 70.1. The smallest absolute Gasteiger partial charge is 0.317 e. The SMILES string of the molecule is C#CI.CCN1C(=O)/C(=C\C=C\c2ccco2)C(=O)NC1=S.CCN1C(=O)CC(=O)NC1=S.CCN=C=NCC.CCNC(N)=S.CCOC(=O)CC(=O)OCC.NC(N)=S.O=C/C=C/c1ccco1. The van der Waals surface area contributed by atoms with E-state index >= 15 is 0 Å². The third-order valence-electron chi connectivity index (χ3n) is 6.58. The van der Waals surface area contributed by atoms with Gasteiger partial charge in [-0.05, 0) is 150 Å². The molecule has 2 aromatic rings. The van der Waals surface area contributed by atoms with E-state index in [9.17, 15) is 33.6 Å². The number of esters is 2. The first-order valence-electron chi connectivity index (χ1n) is 20.7.